The first-order valence-electron chi connectivity index (χ1n) is 2.71. The smallest absolute Gasteiger partial charge is 0.0716 e. The van der Waals surface area contributed by atoms with E-state index in [-0.39, 0.29) is 17.9 Å². The summed E-state index contributed by atoms with van der Waals surface area (Å²) in [4.78, 5) is 9.99. The van der Waals surface area contributed by atoms with Crippen molar-refractivity contribution in [3.05, 3.63) is 12.2 Å². The van der Waals surface area contributed by atoms with E-state index in [1.807, 2.05) is 0 Å². The number of hydrogen-bond donors (Lipinski definition) is 1. The summed E-state index contributed by atoms with van der Waals surface area (Å²) in [7, 11) is 0. The zero-order valence-corrected chi connectivity index (χ0v) is 6.10. The number of carboxylic acids is 1. The monoisotopic (exact) mass is 163 g/mol. The second-order valence-corrected chi connectivity index (χ2v) is 2.21. The summed E-state index contributed by atoms with van der Waals surface area (Å²) in [6.45, 7) is 3.16. The van der Waals surface area contributed by atoms with Crippen molar-refractivity contribution in [1.29, 1.82) is 0 Å². The maximum Gasteiger partial charge on any atom is 0.0716 e. The van der Waals surface area contributed by atoms with Gasteiger partial charge in [0.05, 0.1) is 12.1 Å². The lowest BCUT2D eigenvalue weighted by Crippen LogP contribution is -2.26. The molecule has 58 valence electrons. The molecule has 0 amide bonds. The lowest BCUT2D eigenvalue weighted by Gasteiger charge is -2.09. The molecule has 0 saturated carbocycles. The van der Waals surface area contributed by atoms with Crippen molar-refractivity contribution in [1.82, 2.24) is 0 Å². The number of carboxylic acid groups (broad SMARTS) is 1. The van der Waals surface area contributed by atoms with Gasteiger partial charge in [0.1, 0.15) is 0 Å². The fourth-order valence-corrected chi connectivity index (χ4v) is 0.531. The Morgan fingerprint density at radius 3 is 2.60 bits per heavy atom. The molecule has 3 nitrogen and oxygen atoms in total. The first kappa shape index (κ1) is 9.46. The van der Waals surface area contributed by atoms with Crippen molar-refractivity contribution in [3.8, 4) is 0 Å². The lowest BCUT2D eigenvalue weighted by molar-refractivity contribution is -0.299. The molecule has 0 rings (SSSR count). The molecule has 0 heterocycles. The van der Waals surface area contributed by atoms with Crippen LogP contribution in [0.1, 0.15) is 6.42 Å². The standard InChI is InChI=1S/C6H9ClO3/c1-4(6(9)10)2-5(8)3-7/h5,8H,1-3H2,(H,9,10)/p-1. The molecule has 0 aromatic rings. The van der Waals surface area contributed by atoms with Crippen LogP contribution < -0.4 is 5.11 Å². The average molecular weight is 164 g/mol. The van der Waals surface area contributed by atoms with Gasteiger partial charge in [-0.15, -0.1) is 11.6 Å². The Labute approximate surface area is 63.9 Å². The van der Waals surface area contributed by atoms with Crippen molar-refractivity contribution >= 4 is 17.6 Å². The summed E-state index contributed by atoms with van der Waals surface area (Å²) in [5.41, 5.74) is -0.131. The average Bonchev–Trinajstić information content (AvgIpc) is 1.87. The minimum absolute atomic E-state index is 0.00625. The number of aliphatic hydroxyl groups is 1. The number of aliphatic carboxylic acids is 1. The molecule has 1 atom stereocenters. The second kappa shape index (κ2) is 4.30. The fourth-order valence-electron chi connectivity index (χ4n) is 0.422. The van der Waals surface area contributed by atoms with Crippen LogP contribution in [0.2, 0.25) is 0 Å². The van der Waals surface area contributed by atoms with Gasteiger partial charge in [0.25, 0.3) is 0 Å². The Kier molecular flexibility index (Phi) is 4.07. The Balaban J connectivity index is 3.68. The Hall–Kier alpha value is -0.540. The highest BCUT2D eigenvalue weighted by atomic mass is 35.5. The Bertz CT molecular complexity index is 144. The molecule has 4 heteroatoms. The van der Waals surface area contributed by atoms with Gasteiger partial charge < -0.3 is 15.0 Å². The van der Waals surface area contributed by atoms with Gasteiger partial charge in [0.15, 0.2) is 0 Å². The number of alkyl halides is 1. The van der Waals surface area contributed by atoms with Gasteiger partial charge in [-0.05, 0) is 5.57 Å². The summed E-state index contributed by atoms with van der Waals surface area (Å²) in [6.07, 6.45) is -0.877. The van der Waals surface area contributed by atoms with E-state index in [9.17, 15) is 9.90 Å². The zero-order valence-electron chi connectivity index (χ0n) is 5.34. The van der Waals surface area contributed by atoms with Crippen LogP contribution in [0.4, 0.5) is 0 Å². The third kappa shape index (κ3) is 3.48. The number of hydrogen-bond acceptors (Lipinski definition) is 3. The predicted octanol–water partition coefficient (Wildman–Crippen LogP) is -0.718. The van der Waals surface area contributed by atoms with Gasteiger partial charge in [0, 0.05) is 12.3 Å². The summed E-state index contributed by atoms with van der Waals surface area (Å²) in [5.74, 6) is -1.34. The molecule has 0 aromatic heterocycles. The highest BCUT2D eigenvalue weighted by Crippen LogP contribution is 2.02. The number of aliphatic hydroxyl groups excluding tert-OH is 1. The number of halogens is 1. The van der Waals surface area contributed by atoms with Crippen molar-refractivity contribution in [3.63, 3.8) is 0 Å². The molecule has 0 bridgehead atoms. The number of rotatable bonds is 4. The van der Waals surface area contributed by atoms with Crippen molar-refractivity contribution in [2.24, 2.45) is 0 Å². The number of carbonyl (C=O) groups is 1. The molecule has 0 saturated heterocycles. The molecular formula is C6H8ClO3-. The quantitative estimate of drug-likeness (QED) is 0.440. The maximum absolute atomic E-state index is 9.99. The van der Waals surface area contributed by atoms with Crippen LogP contribution in [0.3, 0.4) is 0 Å². The highest BCUT2D eigenvalue weighted by Gasteiger charge is 2.04. The molecule has 0 aromatic carbocycles. The summed E-state index contributed by atoms with van der Waals surface area (Å²) >= 11 is 5.20. The molecule has 10 heavy (non-hydrogen) atoms. The van der Waals surface area contributed by atoms with Crippen molar-refractivity contribution < 1.29 is 15.0 Å². The SMILES string of the molecule is C=C(CC(O)CCl)C(=O)[O-]. The van der Waals surface area contributed by atoms with Crippen LogP contribution in [0.25, 0.3) is 0 Å². The predicted molar refractivity (Wildman–Crippen MR) is 35.5 cm³/mol. The van der Waals surface area contributed by atoms with Crippen molar-refractivity contribution in [2.75, 3.05) is 5.88 Å². The minimum Gasteiger partial charge on any atom is -0.545 e. The molecule has 1 N–H and O–H groups in total. The summed E-state index contributed by atoms with van der Waals surface area (Å²) in [5, 5.41) is 18.8. The van der Waals surface area contributed by atoms with E-state index >= 15 is 0 Å². The van der Waals surface area contributed by atoms with Crippen LogP contribution in [-0.4, -0.2) is 23.1 Å². The molecule has 0 aliphatic heterocycles. The van der Waals surface area contributed by atoms with Gasteiger partial charge in [-0.3, -0.25) is 0 Å². The van der Waals surface area contributed by atoms with Gasteiger partial charge in [0.2, 0.25) is 0 Å². The van der Waals surface area contributed by atoms with E-state index in [0.717, 1.165) is 0 Å². The third-order valence-corrected chi connectivity index (χ3v) is 1.31. The van der Waals surface area contributed by atoms with Gasteiger partial charge in [-0.25, -0.2) is 0 Å². The Morgan fingerprint density at radius 1 is 1.80 bits per heavy atom. The number of carbonyl (C=O) groups excluding carboxylic acids is 1. The first-order chi connectivity index (χ1) is 4.57. The van der Waals surface area contributed by atoms with E-state index < -0.39 is 12.1 Å². The molecule has 0 fully saturated rings. The first-order valence-corrected chi connectivity index (χ1v) is 3.24. The third-order valence-electron chi connectivity index (χ3n) is 0.949. The Morgan fingerprint density at radius 2 is 2.30 bits per heavy atom. The largest absolute Gasteiger partial charge is 0.545 e. The summed E-state index contributed by atoms with van der Waals surface area (Å²) < 4.78 is 0. The minimum atomic E-state index is -1.34. The summed E-state index contributed by atoms with van der Waals surface area (Å²) in [6, 6.07) is 0. The van der Waals surface area contributed by atoms with Crippen molar-refractivity contribution in [2.45, 2.75) is 12.5 Å². The topological polar surface area (TPSA) is 60.4 Å². The van der Waals surface area contributed by atoms with E-state index in [1.54, 1.807) is 0 Å². The van der Waals surface area contributed by atoms with Crippen LogP contribution in [-0.2, 0) is 4.79 Å². The fraction of sp³-hybridized carbons (Fsp3) is 0.500. The van der Waals surface area contributed by atoms with E-state index in [0.29, 0.717) is 0 Å². The van der Waals surface area contributed by atoms with Crippen LogP contribution in [0.5, 0.6) is 0 Å². The van der Waals surface area contributed by atoms with Crippen LogP contribution >= 0.6 is 11.6 Å². The van der Waals surface area contributed by atoms with E-state index in [4.69, 9.17) is 16.7 Å². The normalized spacial score (nSPS) is 12.6. The van der Waals surface area contributed by atoms with Gasteiger partial charge in [-0.1, -0.05) is 6.58 Å². The lowest BCUT2D eigenvalue weighted by atomic mass is 10.1. The van der Waals surface area contributed by atoms with E-state index in [1.165, 1.54) is 0 Å². The molecule has 0 spiro atoms. The zero-order chi connectivity index (χ0) is 8.15. The molecule has 0 radical (unpaired) electrons. The van der Waals surface area contributed by atoms with E-state index in [2.05, 4.69) is 6.58 Å². The molecule has 0 aliphatic carbocycles. The molecule has 1 unspecified atom stereocenters. The van der Waals surface area contributed by atoms with Gasteiger partial charge in [-0.2, -0.15) is 0 Å². The van der Waals surface area contributed by atoms with Crippen LogP contribution in [0.15, 0.2) is 12.2 Å². The highest BCUT2D eigenvalue weighted by molar-refractivity contribution is 6.18. The molecule has 0 aliphatic rings. The molecular weight excluding hydrogens is 156 g/mol. The second-order valence-electron chi connectivity index (χ2n) is 1.90. The van der Waals surface area contributed by atoms with Crippen LogP contribution in [0, 0.1) is 0 Å². The maximum atomic E-state index is 9.99. The van der Waals surface area contributed by atoms with Gasteiger partial charge >= 0.3 is 0 Å².